The summed E-state index contributed by atoms with van der Waals surface area (Å²) in [4.78, 5) is 0. The average Bonchev–Trinajstić information content (AvgIpc) is 1.77. The molecule has 2 nitrogen and oxygen atoms in total. The lowest BCUT2D eigenvalue weighted by Crippen LogP contribution is -3.00. The maximum absolute atomic E-state index is 5.37. The number of nitrogens with two attached hydrogens (primary N) is 2. The van der Waals surface area contributed by atoms with Gasteiger partial charge in [-0.15, -0.1) is 0 Å². The van der Waals surface area contributed by atoms with E-state index in [1.807, 2.05) is 0 Å². The normalized spacial score (nSPS) is 8.00. The molecule has 50 valence electrons. The van der Waals surface area contributed by atoms with Gasteiger partial charge in [0, 0.05) is 11.4 Å². The van der Waals surface area contributed by atoms with Crippen molar-refractivity contribution in [2.24, 2.45) is 0 Å². The number of nitrogen functional groups attached to an aromatic ring is 2. The fourth-order valence-electron chi connectivity index (χ4n) is 0.496. The van der Waals surface area contributed by atoms with Gasteiger partial charge in [-0.2, -0.15) is 0 Å². The Bertz CT molecular complexity index is 150. The Labute approximate surface area is 60.3 Å². The van der Waals surface area contributed by atoms with Crippen molar-refractivity contribution in [3.8, 4) is 0 Å². The molecule has 0 saturated heterocycles. The molecule has 0 aliphatic carbocycles. The third-order valence-corrected chi connectivity index (χ3v) is 0.936. The van der Waals surface area contributed by atoms with Gasteiger partial charge in [-0.05, 0) is 24.3 Å². The van der Waals surface area contributed by atoms with Gasteiger partial charge in [0.15, 0.2) is 0 Å². The Morgan fingerprint density at radius 1 is 0.778 bits per heavy atom. The Kier molecular flexibility index (Phi) is 2.88. The molecule has 0 unspecified atom stereocenters. The summed E-state index contributed by atoms with van der Waals surface area (Å²) in [6, 6.07) is 7.09. The first-order valence-corrected chi connectivity index (χ1v) is 2.40. The zero-order chi connectivity index (χ0) is 5.98. The first-order chi connectivity index (χ1) is 3.79. The van der Waals surface area contributed by atoms with Crippen molar-refractivity contribution < 1.29 is 12.4 Å². The van der Waals surface area contributed by atoms with Crippen molar-refractivity contribution >= 4 is 11.4 Å². The molecule has 0 amide bonds. The Balaban J connectivity index is 0.000000640. The van der Waals surface area contributed by atoms with Crippen molar-refractivity contribution in [1.29, 1.82) is 0 Å². The number of halogens is 1. The first-order valence-electron chi connectivity index (χ1n) is 2.40. The van der Waals surface area contributed by atoms with Crippen LogP contribution in [0.2, 0.25) is 0 Å². The van der Waals surface area contributed by atoms with E-state index in [9.17, 15) is 0 Å². The lowest BCUT2D eigenvalue weighted by atomic mass is 10.3. The van der Waals surface area contributed by atoms with Crippen LogP contribution < -0.4 is 23.9 Å². The van der Waals surface area contributed by atoms with Gasteiger partial charge in [0.05, 0.1) is 0 Å². The van der Waals surface area contributed by atoms with E-state index in [0.717, 1.165) is 11.4 Å². The van der Waals surface area contributed by atoms with Crippen molar-refractivity contribution in [2.75, 3.05) is 11.5 Å². The van der Waals surface area contributed by atoms with Gasteiger partial charge in [-0.3, -0.25) is 0 Å². The summed E-state index contributed by atoms with van der Waals surface area (Å²) >= 11 is 0. The molecule has 0 fully saturated rings. The van der Waals surface area contributed by atoms with E-state index in [4.69, 9.17) is 11.5 Å². The second-order valence-electron chi connectivity index (χ2n) is 1.67. The predicted octanol–water partition coefficient (Wildman–Crippen LogP) is -2.14. The van der Waals surface area contributed by atoms with Crippen LogP contribution in [0.4, 0.5) is 11.4 Å². The standard InChI is InChI=1S/C6H8N2.ClH/c7-5-1-2-6(8)4-3-5;/h1-4H,7-8H2;1H/p-1. The van der Waals surface area contributed by atoms with Crippen LogP contribution in [0.5, 0.6) is 0 Å². The van der Waals surface area contributed by atoms with Crippen LogP contribution in [0, 0.1) is 0 Å². The largest absolute Gasteiger partial charge is 1.00 e. The SMILES string of the molecule is Nc1ccc(N)cc1.[Cl-]. The van der Waals surface area contributed by atoms with Gasteiger partial charge in [0.25, 0.3) is 0 Å². The molecular weight excluding hydrogens is 136 g/mol. The van der Waals surface area contributed by atoms with Gasteiger partial charge in [0.1, 0.15) is 0 Å². The smallest absolute Gasteiger partial charge is 0.0315 e. The zero-order valence-corrected chi connectivity index (χ0v) is 5.60. The average molecular weight is 144 g/mol. The van der Waals surface area contributed by atoms with Gasteiger partial charge in [-0.25, -0.2) is 0 Å². The van der Waals surface area contributed by atoms with Gasteiger partial charge in [-0.1, -0.05) is 0 Å². The summed E-state index contributed by atoms with van der Waals surface area (Å²) in [5, 5.41) is 0. The summed E-state index contributed by atoms with van der Waals surface area (Å²) in [5.41, 5.74) is 12.2. The van der Waals surface area contributed by atoms with Crippen LogP contribution >= 0.6 is 0 Å². The number of hydrogen-bond acceptors (Lipinski definition) is 2. The highest BCUT2D eigenvalue weighted by atomic mass is 35.5. The minimum atomic E-state index is 0. The summed E-state index contributed by atoms with van der Waals surface area (Å²) in [6.45, 7) is 0. The highest BCUT2D eigenvalue weighted by molar-refractivity contribution is 5.47. The highest BCUT2D eigenvalue weighted by Gasteiger charge is 1.80. The Hall–Kier alpha value is -0.890. The highest BCUT2D eigenvalue weighted by Crippen LogP contribution is 2.04. The molecule has 0 saturated carbocycles. The lowest BCUT2D eigenvalue weighted by molar-refractivity contribution is -0.00000170. The fourth-order valence-corrected chi connectivity index (χ4v) is 0.496. The molecular formula is C6H8ClN2-. The quantitative estimate of drug-likeness (QED) is 0.407. The zero-order valence-electron chi connectivity index (χ0n) is 4.84. The summed E-state index contributed by atoms with van der Waals surface area (Å²) in [7, 11) is 0. The number of benzene rings is 1. The lowest BCUT2D eigenvalue weighted by Gasteiger charge is -1.90. The minimum absolute atomic E-state index is 0. The predicted molar refractivity (Wildman–Crippen MR) is 35.3 cm³/mol. The number of anilines is 2. The molecule has 0 aliphatic rings. The van der Waals surface area contributed by atoms with Crippen LogP contribution in [0.25, 0.3) is 0 Å². The van der Waals surface area contributed by atoms with Crippen LogP contribution in [0.15, 0.2) is 24.3 Å². The van der Waals surface area contributed by atoms with Crippen molar-refractivity contribution in [1.82, 2.24) is 0 Å². The van der Waals surface area contributed by atoms with Crippen molar-refractivity contribution in [2.45, 2.75) is 0 Å². The van der Waals surface area contributed by atoms with E-state index >= 15 is 0 Å². The molecule has 1 aromatic rings. The first kappa shape index (κ1) is 8.11. The van der Waals surface area contributed by atoms with E-state index in [-0.39, 0.29) is 12.4 Å². The van der Waals surface area contributed by atoms with Crippen LogP contribution in [-0.2, 0) is 0 Å². The maximum atomic E-state index is 5.37. The number of hydrogen-bond donors (Lipinski definition) is 2. The van der Waals surface area contributed by atoms with E-state index in [2.05, 4.69) is 0 Å². The minimum Gasteiger partial charge on any atom is -1.00 e. The van der Waals surface area contributed by atoms with Crippen molar-refractivity contribution in [3.05, 3.63) is 24.3 Å². The second-order valence-corrected chi connectivity index (χ2v) is 1.67. The molecule has 0 aliphatic heterocycles. The number of rotatable bonds is 0. The molecule has 0 spiro atoms. The monoisotopic (exact) mass is 143 g/mol. The Morgan fingerprint density at radius 2 is 1.00 bits per heavy atom. The molecule has 9 heavy (non-hydrogen) atoms. The van der Waals surface area contributed by atoms with E-state index in [1.54, 1.807) is 24.3 Å². The molecule has 1 aromatic carbocycles. The summed E-state index contributed by atoms with van der Waals surface area (Å²) < 4.78 is 0. The third kappa shape index (κ3) is 2.24. The Morgan fingerprint density at radius 3 is 1.22 bits per heavy atom. The molecule has 0 aromatic heterocycles. The summed E-state index contributed by atoms with van der Waals surface area (Å²) in [5.74, 6) is 0. The molecule has 0 bridgehead atoms. The molecule has 0 radical (unpaired) electrons. The van der Waals surface area contributed by atoms with Gasteiger partial charge in [0.2, 0.25) is 0 Å². The van der Waals surface area contributed by atoms with E-state index in [0.29, 0.717) is 0 Å². The third-order valence-electron chi connectivity index (χ3n) is 0.936. The molecule has 0 heterocycles. The van der Waals surface area contributed by atoms with E-state index < -0.39 is 0 Å². The second kappa shape index (κ2) is 3.20. The molecule has 3 heteroatoms. The van der Waals surface area contributed by atoms with Crippen molar-refractivity contribution in [3.63, 3.8) is 0 Å². The molecule has 4 N–H and O–H groups in total. The van der Waals surface area contributed by atoms with Crippen LogP contribution in [0.1, 0.15) is 0 Å². The van der Waals surface area contributed by atoms with Crippen LogP contribution in [-0.4, -0.2) is 0 Å². The molecule has 0 atom stereocenters. The summed E-state index contributed by atoms with van der Waals surface area (Å²) in [6.07, 6.45) is 0. The fraction of sp³-hybridized carbons (Fsp3) is 0. The van der Waals surface area contributed by atoms with E-state index in [1.165, 1.54) is 0 Å². The van der Waals surface area contributed by atoms with Gasteiger partial charge < -0.3 is 23.9 Å². The van der Waals surface area contributed by atoms with Gasteiger partial charge >= 0.3 is 0 Å². The topological polar surface area (TPSA) is 52.0 Å². The molecule has 1 rings (SSSR count). The van der Waals surface area contributed by atoms with Crippen LogP contribution in [0.3, 0.4) is 0 Å². The maximum Gasteiger partial charge on any atom is 0.0315 e.